The van der Waals surface area contributed by atoms with E-state index in [2.05, 4.69) is 20.3 Å². The molecule has 29 heavy (non-hydrogen) atoms. The minimum absolute atomic E-state index is 0.239. The van der Waals surface area contributed by atoms with E-state index < -0.39 is 11.7 Å². The highest BCUT2D eigenvalue weighted by Gasteiger charge is 2.34. The van der Waals surface area contributed by atoms with Crippen LogP contribution in [0.4, 0.5) is 24.7 Å². The van der Waals surface area contributed by atoms with Crippen LogP contribution in [0.1, 0.15) is 5.56 Å². The van der Waals surface area contributed by atoms with E-state index in [0.717, 1.165) is 11.6 Å². The van der Waals surface area contributed by atoms with Gasteiger partial charge in [0.1, 0.15) is 11.6 Å². The van der Waals surface area contributed by atoms with Crippen LogP contribution in [-0.4, -0.2) is 22.1 Å². The molecule has 0 atom stereocenters. The SMILES string of the molecule is COc1ccc(Nc2nc(-c3ccncc3)nc3ccccc23)cc1C(F)(F)F. The first-order chi connectivity index (χ1) is 14.0. The number of para-hydroxylation sites is 1. The highest BCUT2D eigenvalue weighted by atomic mass is 19.4. The molecule has 146 valence electrons. The molecule has 0 fully saturated rings. The van der Waals surface area contributed by atoms with Crippen molar-refractivity contribution in [1.29, 1.82) is 0 Å². The Balaban J connectivity index is 1.82. The minimum Gasteiger partial charge on any atom is -0.496 e. The summed E-state index contributed by atoms with van der Waals surface area (Å²) in [5, 5.41) is 3.69. The van der Waals surface area contributed by atoms with E-state index in [4.69, 9.17) is 4.74 Å². The number of hydrogen-bond donors (Lipinski definition) is 1. The van der Waals surface area contributed by atoms with Gasteiger partial charge < -0.3 is 10.1 Å². The number of pyridine rings is 1. The Morgan fingerprint density at radius 1 is 0.931 bits per heavy atom. The number of hydrogen-bond acceptors (Lipinski definition) is 5. The Hall–Kier alpha value is -3.68. The lowest BCUT2D eigenvalue weighted by atomic mass is 10.1. The number of benzene rings is 2. The third kappa shape index (κ3) is 3.82. The van der Waals surface area contributed by atoms with Gasteiger partial charge in [0.15, 0.2) is 5.82 Å². The first-order valence-corrected chi connectivity index (χ1v) is 8.65. The lowest BCUT2D eigenvalue weighted by Crippen LogP contribution is -2.08. The molecule has 2 heterocycles. The van der Waals surface area contributed by atoms with Crippen molar-refractivity contribution in [2.45, 2.75) is 6.18 Å². The molecular weight excluding hydrogens is 381 g/mol. The summed E-state index contributed by atoms with van der Waals surface area (Å²) in [6.45, 7) is 0. The van der Waals surface area contributed by atoms with Crippen molar-refractivity contribution >= 4 is 22.4 Å². The molecule has 0 aliphatic heterocycles. The molecule has 0 saturated carbocycles. The summed E-state index contributed by atoms with van der Waals surface area (Å²) in [5.41, 5.74) is 0.793. The summed E-state index contributed by atoms with van der Waals surface area (Å²) < 4.78 is 44.9. The number of anilines is 2. The third-order valence-corrected chi connectivity index (χ3v) is 4.31. The highest BCUT2D eigenvalue weighted by molar-refractivity contribution is 5.92. The van der Waals surface area contributed by atoms with Gasteiger partial charge in [0, 0.05) is 29.0 Å². The van der Waals surface area contributed by atoms with E-state index in [9.17, 15) is 13.2 Å². The van der Waals surface area contributed by atoms with Crippen LogP contribution in [0.25, 0.3) is 22.3 Å². The maximum atomic E-state index is 13.4. The van der Waals surface area contributed by atoms with Crippen LogP contribution in [-0.2, 0) is 6.18 Å². The van der Waals surface area contributed by atoms with E-state index in [1.54, 1.807) is 24.5 Å². The monoisotopic (exact) mass is 396 g/mol. The Morgan fingerprint density at radius 3 is 2.41 bits per heavy atom. The largest absolute Gasteiger partial charge is 0.496 e. The molecule has 5 nitrogen and oxygen atoms in total. The minimum atomic E-state index is -4.54. The average molecular weight is 396 g/mol. The number of nitrogens with zero attached hydrogens (tertiary/aromatic N) is 3. The normalized spacial score (nSPS) is 11.4. The topological polar surface area (TPSA) is 59.9 Å². The van der Waals surface area contributed by atoms with E-state index in [-0.39, 0.29) is 11.4 Å². The molecule has 0 amide bonds. The van der Waals surface area contributed by atoms with Crippen LogP contribution in [0.2, 0.25) is 0 Å². The molecule has 0 aliphatic rings. The molecule has 8 heteroatoms. The molecule has 0 aliphatic carbocycles. The number of methoxy groups -OCH3 is 1. The molecule has 2 aromatic carbocycles. The maximum absolute atomic E-state index is 13.4. The molecule has 2 aromatic heterocycles. The Morgan fingerprint density at radius 2 is 1.69 bits per heavy atom. The quantitative estimate of drug-likeness (QED) is 0.496. The molecule has 4 aromatic rings. The molecule has 4 rings (SSSR count). The predicted molar refractivity (Wildman–Crippen MR) is 104 cm³/mol. The van der Waals surface area contributed by atoms with E-state index in [0.29, 0.717) is 22.5 Å². The van der Waals surface area contributed by atoms with Crippen molar-refractivity contribution < 1.29 is 17.9 Å². The average Bonchev–Trinajstić information content (AvgIpc) is 2.73. The van der Waals surface area contributed by atoms with Gasteiger partial charge in [0.05, 0.1) is 18.2 Å². The summed E-state index contributed by atoms with van der Waals surface area (Å²) in [6.07, 6.45) is -1.29. The molecule has 0 spiro atoms. The number of halogens is 3. The van der Waals surface area contributed by atoms with Gasteiger partial charge >= 0.3 is 6.18 Å². The number of ether oxygens (including phenoxy) is 1. The maximum Gasteiger partial charge on any atom is 0.420 e. The van der Waals surface area contributed by atoms with Gasteiger partial charge in [-0.2, -0.15) is 13.2 Å². The molecular formula is C21H15F3N4O. The smallest absolute Gasteiger partial charge is 0.420 e. The number of nitrogens with one attached hydrogen (secondary N) is 1. The van der Waals surface area contributed by atoms with E-state index >= 15 is 0 Å². The van der Waals surface area contributed by atoms with Gasteiger partial charge in [-0.15, -0.1) is 0 Å². The zero-order valence-electron chi connectivity index (χ0n) is 15.2. The van der Waals surface area contributed by atoms with Crippen molar-refractivity contribution in [1.82, 2.24) is 15.0 Å². The summed E-state index contributed by atoms with van der Waals surface area (Å²) in [6, 6.07) is 14.6. The van der Waals surface area contributed by atoms with Crippen LogP contribution in [0, 0.1) is 0 Å². The third-order valence-electron chi connectivity index (χ3n) is 4.31. The van der Waals surface area contributed by atoms with Crippen molar-refractivity contribution in [2.75, 3.05) is 12.4 Å². The Bertz CT molecular complexity index is 1160. The van der Waals surface area contributed by atoms with Gasteiger partial charge in [-0.1, -0.05) is 12.1 Å². The van der Waals surface area contributed by atoms with Gasteiger partial charge in [0.2, 0.25) is 0 Å². The van der Waals surface area contributed by atoms with Crippen LogP contribution in [0.3, 0.4) is 0 Å². The van der Waals surface area contributed by atoms with Crippen LogP contribution in [0.5, 0.6) is 5.75 Å². The fraction of sp³-hybridized carbons (Fsp3) is 0.0952. The van der Waals surface area contributed by atoms with Gasteiger partial charge in [-0.3, -0.25) is 4.98 Å². The lowest BCUT2D eigenvalue weighted by Gasteiger charge is -2.15. The van der Waals surface area contributed by atoms with Gasteiger partial charge in [-0.05, 0) is 42.5 Å². The molecule has 0 bridgehead atoms. The second-order valence-corrected chi connectivity index (χ2v) is 6.19. The zero-order valence-corrected chi connectivity index (χ0v) is 15.2. The summed E-state index contributed by atoms with van der Waals surface area (Å²) in [7, 11) is 1.20. The van der Waals surface area contributed by atoms with Crippen LogP contribution < -0.4 is 10.1 Å². The molecule has 0 unspecified atom stereocenters. The molecule has 0 saturated heterocycles. The summed E-state index contributed by atoms with van der Waals surface area (Å²) in [5.74, 6) is 0.604. The molecule has 1 N–H and O–H groups in total. The predicted octanol–water partition coefficient (Wildman–Crippen LogP) is 5.46. The van der Waals surface area contributed by atoms with Gasteiger partial charge in [0.25, 0.3) is 0 Å². The first kappa shape index (κ1) is 18.7. The lowest BCUT2D eigenvalue weighted by molar-refractivity contribution is -0.138. The second kappa shape index (κ2) is 7.38. The van der Waals surface area contributed by atoms with Crippen molar-refractivity contribution in [3.63, 3.8) is 0 Å². The fourth-order valence-corrected chi connectivity index (χ4v) is 2.95. The zero-order chi connectivity index (χ0) is 20.4. The van der Waals surface area contributed by atoms with E-state index in [1.807, 2.05) is 24.3 Å². The number of aromatic nitrogens is 3. The van der Waals surface area contributed by atoms with Crippen molar-refractivity contribution in [3.05, 3.63) is 72.6 Å². The first-order valence-electron chi connectivity index (χ1n) is 8.65. The summed E-state index contributed by atoms with van der Waals surface area (Å²) in [4.78, 5) is 13.1. The highest BCUT2D eigenvalue weighted by Crippen LogP contribution is 2.38. The van der Waals surface area contributed by atoms with Crippen molar-refractivity contribution in [3.8, 4) is 17.1 Å². The molecule has 0 radical (unpaired) electrons. The number of fused-ring (bicyclic) bond motifs is 1. The Kier molecular flexibility index (Phi) is 4.75. The standard InChI is InChI=1S/C21H15F3N4O/c1-29-18-7-6-14(12-16(18)21(22,23)24)26-20-15-4-2-3-5-17(15)27-19(28-20)13-8-10-25-11-9-13/h2-12H,1H3,(H,26,27,28). The Labute approximate surface area is 164 Å². The van der Waals surface area contributed by atoms with Gasteiger partial charge in [-0.25, -0.2) is 9.97 Å². The van der Waals surface area contributed by atoms with Crippen LogP contribution in [0.15, 0.2) is 67.0 Å². The van der Waals surface area contributed by atoms with Crippen LogP contribution >= 0.6 is 0 Å². The number of rotatable bonds is 4. The number of alkyl halides is 3. The fourth-order valence-electron chi connectivity index (χ4n) is 2.95. The summed E-state index contributed by atoms with van der Waals surface area (Å²) >= 11 is 0. The van der Waals surface area contributed by atoms with E-state index in [1.165, 1.54) is 19.2 Å². The van der Waals surface area contributed by atoms with Crippen molar-refractivity contribution in [2.24, 2.45) is 0 Å². The second-order valence-electron chi connectivity index (χ2n) is 6.19.